The molecule has 1 saturated heterocycles. The zero-order valence-electron chi connectivity index (χ0n) is 16.0. The summed E-state index contributed by atoms with van der Waals surface area (Å²) in [6, 6.07) is 3.23. The van der Waals surface area contributed by atoms with Crippen LogP contribution in [0.3, 0.4) is 0 Å². The number of ether oxygens (including phenoxy) is 2. The number of Topliss-reactive ketones (excluding diaryl/α,β-unsaturated/α-hetero) is 1. The summed E-state index contributed by atoms with van der Waals surface area (Å²) in [6.45, 7) is 6.69. The van der Waals surface area contributed by atoms with Crippen molar-refractivity contribution in [1.82, 2.24) is 4.90 Å². The van der Waals surface area contributed by atoms with Gasteiger partial charge in [0.2, 0.25) is 18.6 Å². The fourth-order valence-corrected chi connectivity index (χ4v) is 3.60. The topological polar surface area (TPSA) is 84.9 Å². The SMILES string of the molecule is CC(=O)c1cc2c(cc1NC(=O)CC1CCCN(C(=O)C(C)C)C1)OCO2. The second kappa shape index (κ2) is 7.98. The largest absolute Gasteiger partial charge is 0.454 e. The molecule has 1 atom stereocenters. The molecule has 0 aliphatic carbocycles. The summed E-state index contributed by atoms with van der Waals surface area (Å²) in [5.41, 5.74) is 0.829. The van der Waals surface area contributed by atoms with Gasteiger partial charge in [-0.1, -0.05) is 13.8 Å². The first-order chi connectivity index (χ1) is 12.8. The van der Waals surface area contributed by atoms with Crippen LogP contribution >= 0.6 is 0 Å². The highest BCUT2D eigenvalue weighted by Gasteiger charge is 2.27. The van der Waals surface area contributed by atoms with Crippen LogP contribution in [0.4, 0.5) is 5.69 Å². The molecule has 2 aliphatic rings. The van der Waals surface area contributed by atoms with Crippen molar-refractivity contribution < 1.29 is 23.9 Å². The van der Waals surface area contributed by atoms with Gasteiger partial charge in [0.25, 0.3) is 0 Å². The van der Waals surface area contributed by atoms with Gasteiger partial charge in [-0.2, -0.15) is 0 Å². The molecule has 1 unspecified atom stereocenters. The number of rotatable bonds is 5. The lowest BCUT2D eigenvalue weighted by molar-refractivity contribution is -0.136. The molecule has 1 N–H and O–H groups in total. The number of hydrogen-bond donors (Lipinski definition) is 1. The van der Waals surface area contributed by atoms with Crippen LogP contribution in [-0.4, -0.2) is 42.4 Å². The maximum Gasteiger partial charge on any atom is 0.231 e. The van der Waals surface area contributed by atoms with Gasteiger partial charge in [0, 0.05) is 37.1 Å². The van der Waals surface area contributed by atoms with E-state index in [4.69, 9.17) is 9.47 Å². The van der Waals surface area contributed by atoms with E-state index in [1.54, 1.807) is 12.1 Å². The van der Waals surface area contributed by atoms with Crippen molar-refractivity contribution in [2.75, 3.05) is 25.2 Å². The first-order valence-electron chi connectivity index (χ1n) is 9.38. The Morgan fingerprint density at radius 2 is 1.93 bits per heavy atom. The maximum atomic E-state index is 12.6. The van der Waals surface area contributed by atoms with Crippen LogP contribution in [0.1, 0.15) is 50.4 Å². The van der Waals surface area contributed by atoms with E-state index in [0.717, 1.165) is 19.4 Å². The Hall–Kier alpha value is -2.57. The quantitative estimate of drug-likeness (QED) is 0.801. The molecule has 1 aromatic rings. The van der Waals surface area contributed by atoms with E-state index < -0.39 is 0 Å². The number of amides is 2. The third-order valence-electron chi connectivity index (χ3n) is 4.96. The Kier molecular flexibility index (Phi) is 5.68. The standard InChI is InChI=1S/C20H26N2O5/c1-12(2)20(25)22-6-4-5-14(10-22)7-19(24)21-16-9-18-17(26-11-27-18)8-15(16)13(3)23/h8-9,12,14H,4-7,10-11H2,1-3H3,(H,21,24). The minimum atomic E-state index is -0.166. The number of hydrogen-bond acceptors (Lipinski definition) is 5. The monoisotopic (exact) mass is 374 g/mol. The number of piperidine rings is 1. The van der Waals surface area contributed by atoms with Crippen molar-refractivity contribution in [2.24, 2.45) is 11.8 Å². The molecule has 7 nitrogen and oxygen atoms in total. The number of nitrogens with zero attached hydrogens (tertiary/aromatic N) is 1. The molecule has 7 heteroatoms. The molecule has 2 heterocycles. The number of likely N-dealkylation sites (tertiary alicyclic amines) is 1. The van der Waals surface area contributed by atoms with Crippen molar-refractivity contribution in [1.29, 1.82) is 0 Å². The molecule has 27 heavy (non-hydrogen) atoms. The van der Waals surface area contributed by atoms with E-state index in [1.165, 1.54) is 6.92 Å². The first-order valence-corrected chi connectivity index (χ1v) is 9.38. The van der Waals surface area contributed by atoms with Gasteiger partial charge < -0.3 is 19.7 Å². The van der Waals surface area contributed by atoms with Crippen molar-refractivity contribution in [3.8, 4) is 11.5 Å². The minimum Gasteiger partial charge on any atom is -0.454 e. The molecule has 2 amide bonds. The number of nitrogens with one attached hydrogen (secondary N) is 1. The third-order valence-corrected chi connectivity index (χ3v) is 4.96. The van der Waals surface area contributed by atoms with Crippen LogP contribution in [-0.2, 0) is 9.59 Å². The smallest absolute Gasteiger partial charge is 0.231 e. The number of carbonyl (C=O) groups is 3. The average Bonchev–Trinajstić information content (AvgIpc) is 3.07. The third kappa shape index (κ3) is 4.40. The van der Waals surface area contributed by atoms with Gasteiger partial charge in [0.05, 0.1) is 5.69 Å². The van der Waals surface area contributed by atoms with Crippen LogP contribution in [0, 0.1) is 11.8 Å². The lowest BCUT2D eigenvalue weighted by Crippen LogP contribution is -2.42. The minimum absolute atomic E-state index is 0.0377. The molecule has 2 aliphatic heterocycles. The van der Waals surface area contributed by atoms with Gasteiger partial charge in [-0.3, -0.25) is 14.4 Å². The Bertz CT molecular complexity index is 759. The van der Waals surface area contributed by atoms with Crippen LogP contribution in [0.15, 0.2) is 12.1 Å². The van der Waals surface area contributed by atoms with Gasteiger partial charge in [0.1, 0.15) is 0 Å². The van der Waals surface area contributed by atoms with Crippen LogP contribution in [0.2, 0.25) is 0 Å². The van der Waals surface area contributed by atoms with Gasteiger partial charge in [-0.25, -0.2) is 0 Å². The molecule has 146 valence electrons. The van der Waals surface area contributed by atoms with Gasteiger partial charge in [-0.05, 0) is 31.7 Å². The maximum absolute atomic E-state index is 12.6. The number of anilines is 1. The van der Waals surface area contributed by atoms with Gasteiger partial charge in [0.15, 0.2) is 17.3 Å². The number of ketones is 1. The molecular formula is C20H26N2O5. The molecule has 0 radical (unpaired) electrons. The number of fused-ring (bicyclic) bond motifs is 1. The molecule has 0 spiro atoms. The molecule has 3 rings (SSSR count). The summed E-state index contributed by atoms with van der Waals surface area (Å²) in [5, 5.41) is 2.84. The summed E-state index contributed by atoms with van der Waals surface area (Å²) >= 11 is 0. The van der Waals surface area contributed by atoms with E-state index in [1.807, 2.05) is 18.7 Å². The van der Waals surface area contributed by atoms with Crippen molar-refractivity contribution in [2.45, 2.75) is 40.0 Å². The zero-order chi connectivity index (χ0) is 19.6. The fraction of sp³-hybridized carbons (Fsp3) is 0.550. The Labute approximate surface area is 159 Å². The van der Waals surface area contributed by atoms with Gasteiger partial charge >= 0.3 is 0 Å². The fourth-order valence-electron chi connectivity index (χ4n) is 3.60. The molecule has 0 saturated carbocycles. The summed E-state index contributed by atoms with van der Waals surface area (Å²) in [4.78, 5) is 38.6. The Morgan fingerprint density at radius 1 is 1.22 bits per heavy atom. The molecule has 0 aromatic heterocycles. The van der Waals surface area contributed by atoms with E-state index in [0.29, 0.717) is 35.7 Å². The highest BCUT2D eigenvalue weighted by Crippen LogP contribution is 2.37. The van der Waals surface area contributed by atoms with Crippen LogP contribution < -0.4 is 14.8 Å². The second-order valence-corrected chi connectivity index (χ2v) is 7.51. The lowest BCUT2D eigenvalue weighted by atomic mass is 9.93. The Balaban J connectivity index is 1.66. The normalized spacial score (nSPS) is 18.5. The zero-order valence-corrected chi connectivity index (χ0v) is 16.0. The molecule has 1 fully saturated rings. The van der Waals surface area contributed by atoms with Crippen molar-refractivity contribution >= 4 is 23.3 Å². The van der Waals surface area contributed by atoms with E-state index in [9.17, 15) is 14.4 Å². The highest BCUT2D eigenvalue weighted by molar-refractivity contribution is 6.04. The molecule has 0 bridgehead atoms. The summed E-state index contributed by atoms with van der Waals surface area (Å²) in [6.07, 6.45) is 2.13. The second-order valence-electron chi connectivity index (χ2n) is 7.51. The van der Waals surface area contributed by atoms with Crippen molar-refractivity contribution in [3.05, 3.63) is 17.7 Å². The van der Waals surface area contributed by atoms with E-state index in [-0.39, 0.29) is 36.2 Å². The van der Waals surface area contributed by atoms with E-state index >= 15 is 0 Å². The molecule has 1 aromatic carbocycles. The van der Waals surface area contributed by atoms with E-state index in [2.05, 4.69) is 5.32 Å². The number of carbonyl (C=O) groups excluding carboxylic acids is 3. The summed E-state index contributed by atoms with van der Waals surface area (Å²) in [7, 11) is 0. The number of benzene rings is 1. The summed E-state index contributed by atoms with van der Waals surface area (Å²) in [5.74, 6) is 0.917. The first kappa shape index (κ1) is 19.2. The average molecular weight is 374 g/mol. The summed E-state index contributed by atoms with van der Waals surface area (Å²) < 4.78 is 10.6. The predicted molar refractivity (Wildman–Crippen MR) is 100.0 cm³/mol. The van der Waals surface area contributed by atoms with Crippen molar-refractivity contribution in [3.63, 3.8) is 0 Å². The lowest BCUT2D eigenvalue weighted by Gasteiger charge is -2.33. The highest BCUT2D eigenvalue weighted by atomic mass is 16.7. The Morgan fingerprint density at radius 3 is 2.59 bits per heavy atom. The van der Waals surface area contributed by atoms with Gasteiger partial charge in [-0.15, -0.1) is 0 Å². The van der Waals surface area contributed by atoms with Crippen LogP contribution in [0.5, 0.6) is 11.5 Å². The van der Waals surface area contributed by atoms with Crippen LogP contribution in [0.25, 0.3) is 0 Å². The molecular weight excluding hydrogens is 348 g/mol. The predicted octanol–water partition coefficient (Wildman–Crippen LogP) is 2.84.